The van der Waals surface area contributed by atoms with Crippen LogP contribution in [-0.4, -0.2) is 25.0 Å². The predicted molar refractivity (Wildman–Crippen MR) is 70.4 cm³/mol. The molecule has 0 aromatic carbocycles. The minimum absolute atomic E-state index is 0.0869. The van der Waals surface area contributed by atoms with Crippen LogP contribution in [0.2, 0.25) is 0 Å². The standard InChI is InChI=1S/C9H11Br2NO3S/c1-16(14,15)4-2-3-12-6-7(10)5-8(11)9(12)13/h5-6H,2-4H2,1H3. The van der Waals surface area contributed by atoms with Crippen LogP contribution in [0.15, 0.2) is 26.0 Å². The van der Waals surface area contributed by atoms with Crippen molar-refractivity contribution >= 4 is 41.7 Å². The second-order valence-corrected chi connectivity index (χ2v) is 7.52. The summed E-state index contributed by atoms with van der Waals surface area (Å²) in [5, 5.41) is 0. The van der Waals surface area contributed by atoms with Crippen LogP contribution < -0.4 is 5.56 Å². The molecule has 4 nitrogen and oxygen atoms in total. The minimum atomic E-state index is -2.97. The van der Waals surface area contributed by atoms with Gasteiger partial charge in [0.25, 0.3) is 5.56 Å². The van der Waals surface area contributed by atoms with Crippen molar-refractivity contribution < 1.29 is 8.42 Å². The summed E-state index contributed by atoms with van der Waals surface area (Å²) in [5.41, 5.74) is -0.156. The maximum absolute atomic E-state index is 11.6. The van der Waals surface area contributed by atoms with Gasteiger partial charge in [0.1, 0.15) is 9.84 Å². The number of rotatable bonds is 4. The Balaban J connectivity index is 2.79. The van der Waals surface area contributed by atoms with E-state index in [0.29, 0.717) is 17.4 Å². The van der Waals surface area contributed by atoms with Gasteiger partial charge in [-0.15, -0.1) is 0 Å². The first kappa shape index (κ1) is 13.9. The smallest absolute Gasteiger partial charge is 0.264 e. The number of nitrogens with zero attached hydrogens (tertiary/aromatic N) is 1. The molecule has 0 saturated carbocycles. The molecule has 0 bridgehead atoms. The molecule has 1 rings (SSSR count). The van der Waals surface area contributed by atoms with Gasteiger partial charge in [-0.05, 0) is 44.3 Å². The number of halogens is 2. The lowest BCUT2D eigenvalue weighted by molar-refractivity contribution is 0.588. The number of sulfone groups is 1. The highest BCUT2D eigenvalue weighted by molar-refractivity contribution is 9.11. The molecule has 0 atom stereocenters. The molecular weight excluding hydrogens is 362 g/mol. The van der Waals surface area contributed by atoms with E-state index < -0.39 is 9.84 Å². The van der Waals surface area contributed by atoms with Crippen molar-refractivity contribution in [3.8, 4) is 0 Å². The third-order valence-corrected chi connectivity index (χ3v) is 3.96. The largest absolute Gasteiger partial charge is 0.313 e. The third-order valence-electron chi connectivity index (χ3n) is 1.92. The molecule has 1 aromatic rings. The van der Waals surface area contributed by atoms with Crippen LogP contribution in [0.1, 0.15) is 6.42 Å². The van der Waals surface area contributed by atoms with Gasteiger partial charge in [-0.25, -0.2) is 8.42 Å². The molecule has 0 radical (unpaired) electrons. The van der Waals surface area contributed by atoms with Crippen LogP contribution in [0.4, 0.5) is 0 Å². The van der Waals surface area contributed by atoms with E-state index in [2.05, 4.69) is 31.9 Å². The van der Waals surface area contributed by atoms with Crippen molar-refractivity contribution in [1.82, 2.24) is 4.57 Å². The van der Waals surface area contributed by atoms with Crippen molar-refractivity contribution in [3.63, 3.8) is 0 Å². The fourth-order valence-electron chi connectivity index (χ4n) is 1.23. The average Bonchev–Trinajstić information content (AvgIpc) is 2.11. The first-order chi connectivity index (χ1) is 7.29. The van der Waals surface area contributed by atoms with E-state index in [0.717, 1.165) is 4.47 Å². The Bertz CT molecular complexity index is 536. The van der Waals surface area contributed by atoms with Crippen molar-refractivity contribution in [1.29, 1.82) is 0 Å². The van der Waals surface area contributed by atoms with Crippen molar-refractivity contribution in [2.24, 2.45) is 0 Å². The number of hydrogen-bond acceptors (Lipinski definition) is 3. The van der Waals surface area contributed by atoms with Gasteiger partial charge in [-0.2, -0.15) is 0 Å². The molecular formula is C9H11Br2NO3S. The Morgan fingerprint density at radius 2 is 2.00 bits per heavy atom. The van der Waals surface area contributed by atoms with E-state index in [1.54, 1.807) is 12.3 Å². The van der Waals surface area contributed by atoms with Gasteiger partial charge < -0.3 is 4.57 Å². The summed E-state index contributed by atoms with van der Waals surface area (Å²) >= 11 is 6.42. The molecule has 0 N–H and O–H groups in total. The predicted octanol–water partition coefficient (Wildman–Crippen LogP) is 1.81. The summed E-state index contributed by atoms with van der Waals surface area (Å²) in [6.45, 7) is 0.393. The molecule has 0 amide bonds. The molecule has 1 aromatic heterocycles. The van der Waals surface area contributed by atoms with Gasteiger partial charge in [-0.1, -0.05) is 0 Å². The Kier molecular flexibility index (Phi) is 4.75. The Labute approximate surface area is 111 Å². The summed E-state index contributed by atoms with van der Waals surface area (Å²) in [6.07, 6.45) is 3.27. The van der Waals surface area contributed by atoms with Crippen LogP contribution in [0, 0.1) is 0 Å². The first-order valence-electron chi connectivity index (χ1n) is 4.53. The Hall–Kier alpha value is -0.140. The number of aryl methyl sites for hydroxylation is 1. The average molecular weight is 373 g/mol. The van der Waals surface area contributed by atoms with Crippen LogP contribution in [-0.2, 0) is 16.4 Å². The minimum Gasteiger partial charge on any atom is -0.313 e. The summed E-state index contributed by atoms with van der Waals surface area (Å²) < 4.78 is 24.6. The highest BCUT2D eigenvalue weighted by Gasteiger charge is 2.05. The second-order valence-electron chi connectivity index (χ2n) is 3.49. The zero-order chi connectivity index (χ0) is 12.3. The maximum atomic E-state index is 11.6. The van der Waals surface area contributed by atoms with E-state index in [-0.39, 0.29) is 11.3 Å². The van der Waals surface area contributed by atoms with Gasteiger partial charge in [0, 0.05) is 23.5 Å². The summed E-state index contributed by atoms with van der Waals surface area (Å²) in [5.74, 6) is 0.0869. The molecule has 0 aliphatic heterocycles. The van der Waals surface area contributed by atoms with Gasteiger partial charge in [0.15, 0.2) is 0 Å². The molecule has 0 saturated heterocycles. The second kappa shape index (κ2) is 5.46. The van der Waals surface area contributed by atoms with Crippen LogP contribution in [0.5, 0.6) is 0 Å². The SMILES string of the molecule is CS(=O)(=O)CCCn1cc(Br)cc(Br)c1=O. The zero-order valence-corrected chi connectivity index (χ0v) is 12.6. The van der Waals surface area contributed by atoms with Crippen LogP contribution in [0.25, 0.3) is 0 Å². The van der Waals surface area contributed by atoms with Crippen molar-refractivity contribution in [2.75, 3.05) is 12.0 Å². The zero-order valence-electron chi connectivity index (χ0n) is 8.61. The number of hydrogen-bond donors (Lipinski definition) is 0. The fraction of sp³-hybridized carbons (Fsp3) is 0.444. The highest BCUT2D eigenvalue weighted by Crippen LogP contribution is 2.12. The maximum Gasteiger partial charge on any atom is 0.264 e. The van der Waals surface area contributed by atoms with Crippen molar-refractivity contribution in [2.45, 2.75) is 13.0 Å². The van der Waals surface area contributed by atoms with Gasteiger partial charge >= 0.3 is 0 Å². The van der Waals surface area contributed by atoms with Gasteiger partial charge in [0.2, 0.25) is 0 Å². The lowest BCUT2D eigenvalue weighted by Crippen LogP contribution is -2.21. The van der Waals surface area contributed by atoms with Crippen LogP contribution >= 0.6 is 31.9 Å². The summed E-state index contributed by atoms with van der Waals surface area (Å²) in [6, 6.07) is 1.66. The van der Waals surface area contributed by atoms with Crippen molar-refractivity contribution in [3.05, 3.63) is 31.6 Å². The normalized spacial score (nSPS) is 11.7. The molecule has 0 fully saturated rings. The molecule has 7 heteroatoms. The van der Waals surface area contributed by atoms with Gasteiger partial charge in [0.05, 0.1) is 10.2 Å². The summed E-state index contributed by atoms with van der Waals surface area (Å²) in [7, 11) is -2.97. The molecule has 0 aliphatic rings. The first-order valence-corrected chi connectivity index (χ1v) is 8.17. The Morgan fingerprint density at radius 3 is 2.56 bits per heavy atom. The van der Waals surface area contributed by atoms with E-state index in [1.165, 1.54) is 10.8 Å². The topological polar surface area (TPSA) is 56.1 Å². The lowest BCUT2D eigenvalue weighted by atomic mass is 10.4. The summed E-state index contributed by atoms with van der Waals surface area (Å²) in [4.78, 5) is 11.6. The molecule has 1 heterocycles. The number of aromatic nitrogens is 1. The van der Waals surface area contributed by atoms with E-state index in [4.69, 9.17) is 0 Å². The molecule has 0 aliphatic carbocycles. The molecule has 16 heavy (non-hydrogen) atoms. The lowest BCUT2D eigenvalue weighted by Gasteiger charge is -2.06. The van der Waals surface area contributed by atoms with E-state index >= 15 is 0 Å². The van der Waals surface area contributed by atoms with Crippen LogP contribution in [0.3, 0.4) is 0 Å². The van der Waals surface area contributed by atoms with E-state index in [1.807, 2.05) is 0 Å². The molecule has 0 unspecified atom stereocenters. The monoisotopic (exact) mass is 371 g/mol. The number of pyridine rings is 1. The molecule has 0 spiro atoms. The van der Waals surface area contributed by atoms with Gasteiger partial charge in [-0.3, -0.25) is 4.79 Å². The quantitative estimate of drug-likeness (QED) is 0.809. The molecule has 90 valence electrons. The fourth-order valence-corrected chi connectivity index (χ4v) is 3.14. The van der Waals surface area contributed by atoms with E-state index in [9.17, 15) is 13.2 Å². The highest BCUT2D eigenvalue weighted by atomic mass is 79.9. The third kappa shape index (κ3) is 4.39. The Morgan fingerprint density at radius 1 is 1.38 bits per heavy atom.